The number of rotatable bonds is 7. The minimum Gasteiger partial charge on any atom is -0.465 e. The molecule has 0 aliphatic carbocycles. The first-order valence-electron chi connectivity index (χ1n) is 7.12. The van der Waals surface area contributed by atoms with Gasteiger partial charge in [-0.15, -0.1) is 11.3 Å². The number of thiophene rings is 1. The SMILES string of the molecule is CCCCCOC(=O)CSc1ncnc2sc(C)c(C)c12. The number of hydrogen-bond acceptors (Lipinski definition) is 6. The van der Waals surface area contributed by atoms with Gasteiger partial charge >= 0.3 is 5.97 Å². The van der Waals surface area contributed by atoms with Gasteiger partial charge in [-0.3, -0.25) is 4.79 Å². The smallest absolute Gasteiger partial charge is 0.316 e. The Balaban J connectivity index is 1.96. The van der Waals surface area contributed by atoms with Crippen molar-refractivity contribution < 1.29 is 9.53 Å². The molecule has 0 aromatic carbocycles. The largest absolute Gasteiger partial charge is 0.465 e. The Kier molecular flexibility index (Phi) is 5.99. The van der Waals surface area contributed by atoms with Gasteiger partial charge in [0.25, 0.3) is 0 Å². The van der Waals surface area contributed by atoms with E-state index < -0.39 is 0 Å². The highest BCUT2D eigenvalue weighted by molar-refractivity contribution is 8.00. The predicted octanol–water partition coefficient (Wildman–Crippen LogP) is 4.13. The van der Waals surface area contributed by atoms with E-state index in [4.69, 9.17) is 4.74 Å². The van der Waals surface area contributed by atoms with Crippen molar-refractivity contribution in [2.24, 2.45) is 0 Å². The molecule has 0 fully saturated rings. The van der Waals surface area contributed by atoms with Gasteiger partial charge in [0.2, 0.25) is 0 Å². The van der Waals surface area contributed by atoms with Gasteiger partial charge in [-0.1, -0.05) is 31.5 Å². The van der Waals surface area contributed by atoms with Crippen LogP contribution in [0.25, 0.3) is 10.2 Å². The summed E-state index contributed by atoms with van der Waals surface area (Å²) in [6.45, 7) is 6.80. The van der Waals surface area contributed by atoms with Gasteiger partial charge in [-0.25, -0.2) is 9.97 Å². The number of carbonyl (C=O) groups is 1. The van der Waals surface area contributed by atoms with Crippen molar-refractivity contribution in [1.82, 2.24) is 9.97 Å². The summed E-state index contributed by atoms with van der Waals surface area (Å²) in [4.78, 5) is 22.6. The molecule has 2 rings (SSSR count). The highest BCUT2D eigenvalue weighted by Gasteiger charge is 2.13. The number of thioether (sulfide) groups is 1. The third-order valence-corrected chi connectivity index (χ3v) is 5.35. The van der Waals surface area contributed by atoms with Crippen LogP contribution in [0, 0.1) is 13.8 Å². The number of unbranched alkanes of at least 4 members (excludes halogenated alkanes) is 2. The molecule has 2 aromatic rings. The van der Waals surface area contributed by atoms with Crippen LogP contribution in [0.15, 0.2) is 11.4 Å². The van der Waals surface area contributed by atoms with Crippen LogP contribution >= 0.6 is 23.1 Å². The number of fused-ring (bicyclic) bond motifs is 1. The average Bonchev–Trinajstić information content (AvgIpc) is 2.77. The molecule has 0 spiro atoms. The summed E-state index contributed by atoms with van der Waals surface area (Å²) in [6, 6.07) is 0. The van der Waals surface area contributed by atoms with Crippen molar-refractivity contribution in [3.05, 3.63) is 16.8 Å². The fourth-order valence-corrected chi connectivity index (χ4v) is 3.88. The van der Waals surface area contributed by atoms with E-state index in [9.17, 15) is 4.79 Å². The Hall–Kier alpha value is -1.14. The van der Waals surface area contributed by atoms with Crippen molar-refractivity contribution in [3.63, 3.8) is 0 Å². The first-order valence-corrected chi connectivity index (χ1v) is 8.92. The molecule has 2 heterocycles. The summed E-state index contributed by atoms with van der Waals surface area (Å²) in [5, 5.41) is 1.94. The second-order valence-corrected chi connectivity index (χ2v) is 7.03. The average molecular weight is 324 g/mol. The van der Waals surface area contributed by atoms with Crippen molar-refractivity contribution in [3.8, 4) is 0 Å². The van der Waals surface area contributed by atoms with Gasteiger partial charge in [0.1, 0.15) is 16.2 Å². The molecule has 4 nitrogen and oxygen atoms in total. The lowest BCUT2D eigenvalue weighted by Gasteiger charge is -2.05. The van der Waals surface area contributed by atoms with E-state index in [-0.39, 0.29) is 5.97 Å². The first kappa shape index (κ1) is 16.2. The van der Waals surface area contributed by atoms with Crippen molar-refractivity contribution in [2.75, 3.05) is 12.4 Å². The molecule has 0 radical (unpaired) electrons. The number of ether oxygens (including phenoxy) is 1. The summed E-state index contributed by atoms with van der Waals surface area (Å²) >= 11 is 3.10. The minimum atomic E-state index is -0.174. The van der Waals surface area contributed by atoms with Gasteiger partial charge in [-0.05, 0) is 25.8 Å². The second kappa shape index (κ2) is 7.75. The lowest BCUT2D eigenvalue weighted by atomic mass is 10.2. The Morgan fingerprint density at radius 3 is 2.90 bits per heavy atom. The molecule has 21 heavy (non-hydrogen) atoms. The summed E-state index contributed by atoms with van der Waals surface area (Å²) < 4.78 is 5.21. The molecular weight excluding hydrogens is 304 g/mol. The normalized spacial score (nSPS) is 11.0. The maximum atomic E-state index is 11.7. The van der Waals surface area contributed by atoms with Crippen molar-refractivity contribution >= 4 is 39.3 Å². The van der Waals surface area contributed by atoms with Crippen LogP contribution in [0.4, 0.5) is 0 Å². The zero-order valence-corrected chi connectivity index (χ0v) is 14.3. The van der Waals surface area contributed by atoms with Crippen molar-refractivity contribution in [2.45, 2.75) is 45.1 Å². The van der Waals surface area contributed by atoms with Crippen LogP contribution < -0.4 is 0 Å². The summed E-state index contributed by atoms with van der Waals surface area (Å²) in [5.74, 6) is 0.125. The molecule has 0 saturated carbocycles. The highest BCUT2D eigenvalue weighted by atomic mass is 32.2. The van der Waals surface area contributed by atoms with Gasteiger partial charge in [0.15, 0.2) is 0 Å². The van der Waals surface area contributed by atoms with Gasteiger partial charge < -0.3 is 4.74 Å². The summed E-state index contributed by atoms with van der Waals surface area (Å²) in [5.41, 5.74) is 1.20. The van der Waals surface area contributed by atoms with E-state index in [1.165, 1.54) is 22.2 Å². The lowest BCUT2D eigenvalue weighted by molar-refractivity contribution is -0.140. The lowest BCUT2D eigenvalue weighted by Crippen LogP contribution is -2.08. The van der Waals surface area contributed by atoms with E-state index in [0.29, 0.717) is 12.4 Å². The van der Waals surface area contributed by atoms with E-state index in [1.807, 2.05) is 0 Å². The van der Waals surface area contributed by atoms with Crippen LogP contribution in [-0.4, -0.2) is 28.3 Å². The predicted molar refractivity (Wildman–Crippen MR) is 88.1 cm³/mol. The fraction of sp³-hybridized carbons (Fsp3) is 0.533. The van der Waals surface area contributed by atoms with E-state index >= 15 is 0 Å². The third kappa shape index (κ3) is 4.17. The number of carbonyl (C=O) groups excluding carboxylic acids is 1. The van der Waals surface area contributed by atoms with E-state index in [0.717, 1.165) is 34.5 Å². The molecule has 0 bridgehead atoms. The van der Waals surface area contributed by atoms with E-state index in [2.05, 4.69) is 30.7 Å². The number of aryl methyl sites for hydroxylation is 2. The molecule has 0 atom stereocenters. The number of hydrogen-bond donors (Lipinski definition) is 0. The molecule has 0 unspecified atom stereocenters. The van der Waals surface area contributed by atoms with Gasteiger partial charge in [0.05, 0.1) is 12.4 Å². The van der Waals surface area contributed by atoms with E-state index in [1.54, 1.807) is 17.7 Å². The summed E-state index contributed by atoms with van der Waals surface area (Å²) in [7, 11) is 0. The van der Waals surface area contributed by atoms with Crippen LogP contribution in [-0.2, 0) is 9.53 Å². The standard InChI is InChI=1S/C15H20N2O2S2/c1-4-5-6-7-19-12(18)8-20-14-13-10(2)11(3)21-15(13)17-9-16-14/h9H,4-8H2,1-3H3. The maximum Gasteiger partial charge on any atom is 0.316 e. The number of aromatic nitrogens is 2. The maximum absolute atomic E-state index is 11.7. The molecule has 114 valence electrons. The monoisotopic (exact) mass is 324 g/mol. The Labute approximate surface area is 133 Å². The molecule has 2 aromatic heterocycles. The minimum absolute atomic E-state index is 0.174. The Morgan fingerprint density at radius 2 is 2.14 bits per heavy atom. The summed E-state index contributed by atoms with van der Waals surface area (Å²) in [6.07, 6.45) is 4.72. The Morgan fingerprint density at radius 1 is 1.33 bits per heavy atom. The Bertz CT molecular complexity index is 625. The fourth-order valence-electron chi connectivity index (χ4n) is 1.97. The molecule has 0 N–H and O–H groups in total. The van der Waals surface area contributed by atoms with Crippen LogP contribution in [0.5, 0.6) is 0 Å². The molecule has 0 aliphatic heterocycles. The zero-order chi connectivity index (χ0) is 15.2. The van der Waals surface area contributed by atoms with Crippen LogP contribution in [0.3, 0.4) is 0 Å². The molecular formula is C15H20N2O2S2. The quantitative estimate of drug-likeness (QED) is 0.332. The van der Waals surface area contributed by atoms with Crippen LogP contribution in [0.2, 0.25) is 0 Å². The third-order valence-electron chi connectivity index (χ3n) is 3.27. The zero-order valence-electron chi connectivity index (χ0n) is 12.6. The number of nitrogens with zero attached hydrogens (tertiary/aromatic N) is 2. The first-order chi connectivity index (χ1) is 10.1. The second-order valence-electron chi connectivity index (χ2n) is 4.86. The molecule has 0 saturated heterocycles. The topological polar surface area (TPSA) is 52.1 Å². The highest BCUT2D eigenvalue weighted by Crippen LogP contribution is 2.34. The number of esters is 1. The van der Waals surface area contributed by atoms with Gasteiger partial charge in [0, 0.05) is 10.3 Å². The van der Waals surface area contributed by atoms with Crippen LogP contribution in [0.1, 0.15) is 36.6 Å². The van der Waals surface area contributed by atoms with Crippen molar-refractivity contribution in [1.29, 1.82) is 0 Å². The molecule has 6 heteroatoms. The molecule has 0 aliphatic rings. The van der Waals surface area contributed by atoms with Gasteiger partial charge in [-0.2, -0.15) is 0 Å². The molecule has 0 amide bonds.